The summed E-state index contributed by atoms with van der Waals surface area (Å²) in [5.41, 5.74) is 3.15. The highest BCUT2D eigenvalue weighted by Gasteiger charge is 2.10. The topological polar surface area (TPSA) is 48.5 Å². The molecular weight excluding hydrogens is 362 g/mol. The van der Waals surface area contributed by atoms with Crippen LogP contribution in [0.25, 0.3) is 16.8 Å². The third kappa shape index (κ3) is 3.59. The molecule has 0 aliphatic carbocycles. The van der Waals surface area contributed by atoms with Gasteiger partial charge in [0.25, 0.3) is 5.56 Å². The van der Waals surface area contributed by atoms with Crippen LogP contribution in [0.4, 0.5) is 0 Å². The molecule has 2 aromatic carbocycles. The molecule has 0 fully saturated rings. The summed E-state index contributed by atoms with van der Waals surface area (Å²) in [5, 5.41) is 5.20. The molecule has 0 aliphatic heterocycles. The van der Waals surface area contributed by atoms with Crippen molar-refractivity contribution in [2.75, 3.05) is 6.61 Å². The summed E-state index contributed by atoms with van der Waals surface area (Å²) < 4.78 is 8.75. The zero-order valence-corrected chi connectivity index (χ0v) is 15.6. The Morgan fingerprint density at radius 3 is 2.48 bits per heavy atom. The molecule has 5 nitrogen and oxygen atoms in total. The molecule has 0 aliphatic rings. The second kappa shape index (κ2) is 7.29. The van der Waals surface area contributed by atoms with Crippen LogP contribution in [0.15, 0.2) is 71.8 Å². The Bertz CT molecular complexity index is 1130. The van der Waals surface area contributed by atoms with E-state index in [1.807, 2.05) is 61.5 Å². The van der Waals surface area contributed by atoms with Crippen molar-refractivity contribution < 1.29 is 4.74 Å². The maximum atomic E-state index is 12.8. The molecule has 27 heavy (non-hydrogen) atoms. The van der Waals surface area contributed by atoms with Crippen molar-refractivity contribution in [3.8, 4) is 17.0 Å². The number of hydrogen-bond donors (Lipinski definition) is 0. The lowest BCUT2D eigenvalue weighted by Gasteiger charge is -2.06. The van der Waals surface area contributed by atoms with Crippen LogP contribution in [0.1, 0.15) is 12.5 Å². The lowest BCUT2D eigenvalue weighted by molar-refractivity contribution is 0.340. The predicted octanol–water partition coefficient (Wildman–Crippen LogP) is 4.26. The molecule has 0 atom stereocenters. The van der Waals surface area contributed by atoms with Gasteiger partial charge in [-0.1, -0.05) is 23.7 Å². The number of rotatable bonds is 5. The fourth-order valence-corrected chi connectivity index (χ4v) is 3.09. The number of aromatic nitrogens is 3. The molecule has 0 unspecified atom stereocenters. The Hall–Kier alpha value is -3.05. The number of halogens is 1. The number of fused-ring (bicyclic) bond motifs is 1. The molecule has 0 spiro atoms. The van der Waals surface area contributed by atoms with Gasteiger partial charge in [-0.15, -0.1) is 0 Å². The van der Waals surface area contributed by atoms with Gasteiger partial charge in [0.15, 0.2) is 0 Å². The van der Waals surface area contributed by atoms with Gasteiger partial charge in [0.2, 0.25) is 0 Å². The second-order valence-corrected chi connectivity index (χ2v) is 6.61. The standard InChI is InChI=1S/C21H18ClN3O2/c1-2-27-18-9-5-16(6-10-18)19-13-20-21(26)24(11-12-25(20)23-19)14-15-3-7-17(22)8-4-15/h3-13H,2,14H2,1H3. The van der Waals surface area contributed by atoms with E-state index < -0.39 is 0 Å². The highest BCUT2D eigenvalue weighted by Crippen LogP contribution is 2.22. The summed E-state index contributed by atoms with van der Waals surface area (Å²) in [6.45, 7) is 3.06. The van der Waals surface area contributed by atoms with Gasteiger partial charge in [-0.2, -0.15) is 5.10 Å². The molecule has 0 N–H and O–H groups in total. The van der Waals surface area contributed by atoms with E-state index in [0.29, 0.717) is 23.7 Å². The van der Waals surface area contributed by atoms with Crippen LogP contribution in [0.2, 0.25) is 5.02 Å². The van der Waals surface area contributed by atoms with Crippen molar-refractivity contribution in [1.82, 2.24) is 14.2 Å². The van der Waals surface area contributed by atoms with Crippen LogP contribution in [0, 0.1) is 0 Å². The van der Waals surface area contributed by atoms with Gasteiger partial charge in [0, 0.05) is 23.0 Å². The van der Waals surface area contributed by atoms with Crippen molar-refractivity contribution in [2.24, 2.45) is 0 Å². The first-order valence-electron chi connectivity index (χ1n) is 8.70. The lowest BCUT2D eigenvalue weighted by Crippen LogP contribution is -2.21. The molecule has 136 valence electrons. The molecule has 0 saturated carbocycles. The zero-order valence-electron chi connectivity index (χ0n) is 14.8. The largest absolute Gasteiger partial charge is 0.494 e. The monoisotopic (exact) mass is 379 g/mol. The van der Waals surface area contributed by atoms with E-state index in [-0.39, 0.29) is 5.56 Å². The van der Waals surface area contributed by atoms with E-state index in [1.165, 1.54) is 0 Å². The Balaban J connectivity index is 1.67. The summed E-state index contributed by atoms with van der Waals surface area (Å²) in [6.07, 6.45) is 3.55. The predicted molar refractivity (Wildman–Crippen MR) is 107 cm³/mol. The van der Waals surface area contributed by atoms with E-state index in [9.17, 15) is 4.79 Å². The number of nitrogens with zero attached hydrogens (tertiary/aromatic N) is 3. The van der Waals surface area contributed by atoms with Crippen LogP contribution in [-0.2, 0) is 6.54 Å². The first kappa shape index (κ1) is 17.4. The van der Waals surface area contributed by atoms with Crippen LogP contribution in [0.5, 0.6) is 5.75 Å². The van der Waals surface area contributed by atoms with E-state index in [2.05, 4.69) is 5.10 Å². The van der Waals surface area contributed by atoms with Crippen molar-refractivity contribution >= 4 is 17.1 Å². The van der Waals surface area contributed by atoms with Gasteiger partial charge in [0.05, 0.1) is 18.8 Å². The minimum atomic E-state index is -0.0860. The Labute approximate surface area is 161 Å². The Kier molecular flexibility index (Phi) is 4.69. The van der Waals surface area contributed by atoms with Crippen LogP contribution < -0.4 is 10.3 Å². The summed E-state index contributed by atoms with van der Waals surface area (Å²) in [5.74, 6) is 0.815. The number of hydrogen-bond acceptors (Lipinski definition) is 3. The lowest BCUT2D eigenvalue weighted by atomic mass is 10.1. The van der Waals surface area contributed by atoms with E-state index >= 15 is 0 Å². The average molecular weight is 380 g/mol. The molecule has 6 heteroatoms. The Morgan fingerprint density at radius 2 is 1.78 bits per heavy atom. The highest BCUT2D eigenvalue weighted by atomic mass is 35.5. The van der Waals surface area contributed by atoms with Gasteiger partial charge in [-0.25, -0.2) is 4.52 Å². The van der Waals surface area contributed by atoms with Crippen molar-refractivity contribution in [1.29, 1.82) is 0 Å². The molecule has 4 aromatic rings. The summed E-state index contributed by atoms with van der Waals surface area (Å²) in [6, 6.07) is 17.0. The van der Waals surface area contributed by atoms with Crippen LogP contribution in [-0.4, -0.2) is 20.8 Å². The van der Waals surface area contributed by atoms with E-state index in [1.54, 1.807) is 21.5 Å². The average Bonchev–Trinajstić information content (AvgIpc) is 3.12. The smallest absolute Gasteiger partial charge is 0.276 e. The second-order valence-electron chi connectivity index (χ2n) is 6.17. The molecular formula is C21H18ClN3O2. The molecule has 0 amide bonds. The van der Waals surface area contributed by atoms with Crippen LogP contribution >= 0.6 is 11.6 Å². The first-order valence-corrected chi connectivity index (χ1v) is 9.08. The maximum absolute atomic E-state index is 12.8. The summed E-state index contributed by atoms with van der Waals surface area (Å²) in [7, 11) is 0. The summed E-state index contributed by atoms with van der Waals surface area (Å²) in [4.78, 5) is 12.8. The van der Waals surface area contributed by atoms with Crippen LogP contribution in [0.3, 0.4) is 0 Å². The molecule has 4 rings (SSSR count). The highest BCUT2D eigenvalue weighted by molar-refractivity contribution is 6.30. The third-order valence-electron chi connectivity index (χ3n) is 4.33. The molecule has 2 aromatic heterocycles. The van der Waals surface area contributed by atoms with Gasteiger partial charge >= 0.3 is 0 Å². The van der Waals surface area contributed by atoms with Gasteiger partial charge in [-0.05, 0) is 55.0 Å². The van der Waals surface area contributed by atoms with Crippen molar-refractivity contribution in [2.45, 2.75) is 13.5 Å². The number of ether oxygens (including phenoxy) is 1. The fraction of sp³-hybridized carbons (Fsp3) is 0.143. The number of benzene rings is 2. The SMILES string of the molecule is CCOc1ccc(-c2cc3c(=O)n(Cc4ccc(Cl)cc4)ccn3n2)cc1. The Morgan fingerprint density at radius 1 is 1.04 bits per heavy atom. The van der Waals surface area contributed by atoms with Crippen molar-refractivity contribution in [3.63, 3.8) is 0 Å². The molecule has 0 radical (unpaired) electrons. The quantitative estimate of drug-likeness (QED) is 0.520. The zero-order chi connectivity index (χ0) is 18.8. The molecule has 0 bridgehead atoms. The third-order valence-corrected chi connectivity index (χ3v) is 4.58. The molecule has 0 saturated heterocycles. The minimum absolute atomic E-state index is 0.0860. The maximum Gasteiger partial charge on any atom is 0.276 e. The fourth-order valence-electron chi connectivity index (χ4n) is 2.97. The van der Waals surface area contributed by atoms with Gasteiger partial charge in [0.1, 0.15) is 11.3 Å². The summed E-state index contributed by atoms with van der Waals surface area (Å²) >= 11 is 5.92. The minimum Gasteiger partial charge on any atom is -0.494 e. The van der Waals surface area contributed by atoms with Crippen molar-refractivity contribution in [3.05, 3.63) is 87.9 Å². The van der Waals surface area contributed by atoms with Gasteiger partial charge < -0.3 is 9.30 Å². The normalized spacial score (nSPS) is 11.0. The van der Waals surface area contributed by atoms with Gasteiger partial charge in [-0.3, -0.25) is 4.79 Å². The first-order chi connectivity index (χ1) is 13.1. The molecule has 2 heterocycles. The van der Waals surface area contributed by atoms with E-state index in [4.69, 9.17) is 16.3 Å². The van der Waals surface area contributed by atoms with E-state index in [0.717, 1.165) is 22.6 Å².